The number of nitrogens with one attached hydrogen (secondary N) is 1. The lowest BCUT2D eigenvalue weighted by atomic mass is 10.2. The van der Waals surface area contributed by atoms with Gasteiger partial charge < -0.3 is 14.8 Å². The SMILES string of the molecule is COc1ccc(C(=O)NCCCC#N)cc1OC. The van der Waals surface area contributed by atoms with Gasteiger partial charge in [-0.25, -0.2) is 0 Å². The van der Waals surface area contributed by atoms with Crippen molar-refractivity contribution < 1.29 is 14.3 Å². The first-order valence-electron chi connectivity index (χ1n) is 5.60. The highest BCUT2D eigenvalue weighted by Crippen LogP contribution is 2.27. The normalized spacial score (nSPS) is 9.39. The zero-order valence-corrected chi connectivity index (χ0v) is 10.5. The Kier molecular flexibility index (Phi) is 5.52. The van der Waals surface area contributed by atoms with Crippen molar-refractivity contribution >= 4 is 5.91 Å². The van der Waals surface area contributed by atoms with Gasteiger partial charge in [0.25, 0.3) is 5.91 Å². The second-order valence-electron chi connectivity index (χ2n) is 3.59. The predicted molar refractivity (Wildman–Crippen MR) is 66.7 cm³/mol. The Morgan fingerprint density at radius 3 is 2.67 bits per heavy atom. The van der Waals surface area contributed by atoms with Crippen LogP contribution in [0.4, 0.5) is 0 Å². The van der Waals surface area contributed by atoms with Crippen molar-refractivity contribution in [2.45, 2.75) is 12.8 Å². The number of carbonyl (C=O) groups is 1. The number of amides is 1. The Labute approximate surface area is 106 Å². The number of carbonyl (C=O) groups excluding carboxylic acids is 1. The minimum absolute atomic E-state index is 0.186. The fourth-order valence-corrected chi connectivity index (χ4v) is 1.45. The molecule has 0 heterocycles. The van der Waals surface area contributed by atoms with E-state index in [0.717, 1.165) is 0 Å². The van der Waals surface area contributed by atoms with Gasteiger partial charge in [0.05, 0.1) is 20.3 Å². The summed E-state index contributed by atoms with van der Waals surface area (Å²) in [6.45, 7) is 0.487. The van der Waals surface area contributed by atoms with Gasteiger partial charge in [-0.3, -0.25) is 4.79 Å². The summed E-state index contributed by atoms with van der Waals surface area (Å²) >= 11 is 0. The van der Waals surface area contributed by atoms with Gasteiger partial charge in [-0.1, -0.05) is 0 Å². The summed E-state index contributed by atoms with van der Waals surface area (Å²) in [7, 11) is 3.06. The first kappa shape index (κ1) is 13.8. The largest absolute Gasteiger partial charge is 0.493 e. The highest BCUT2D eigenvalue weighted by atomic mass is 16.5. The fourth-order valence-electron chi connectivity index (χ4n) is 1.45. The van der Waals surface area contributed by atoms with Gasteiger partial charge in [0.1, 0.15) is 0 Å². The lowest BCUT2D eigenvalue weighted by molar-refractivity contribution is 0.0953. The Balaban J connectivity index is 2.66. The molecule has 5 nitrogen and oxygen atoms in total. The van der Waals surface area contributed by atoms with Crippen LogP contribution in [0, 0.1) is 11.3 Å². The van der Waals surface area contributed by atoms with E-state index < -0.39 is 0 Å². The minimum Gasteiger partial charge on any atom is -0.493 e. The van der Waals surface area contributed by atoms with E-state index in [1.165, 1.54) is 7.11 Å². The van der Waals surface area contributed by atoms with E-state index in [2.05, 4.69) is 5.32 Å². The molecule has 0 radical (unpaired) electrons. The van der Waals surface area contributed by atoms with E-state index in [1.54, 1.807) is 25.3 Å². The standard InChI is InChI=1S/C13H16N2O3/c1-17-11-6-5-10(9-12(11)18-2)13(16)15-8-4-3-7-14/h5-6,9H,3-4,8H2,1-2H3,(H,15,16). The molecule has 0 aliphatic heterocycles. The van der Waals surface area contributed by atoms with Gasteiger partial charge >= 0.3 is 0 Å². The van der Waals surface area contributed by atoms with E-state index in [4.69, 9.17) is 14.7 Å². The van der Waals surface area contributed by atoms with Crippen molar-refractivity contribution in [3.63, 3.8) is 0 Å². The highest BCUT2D eigenvalue weighted by molar-refractivity contribution is 5.94. The molecular weight excluding hydrogens is 232 g/mol. The zero-order chi connectivity index (χ0) is 13.4. The molecule has 1 aromatic rings. The molecule has 0 aromatic heterocycles. The molecule has 0 unspecified atom stereocenters. The number of nitriles is 1. The van der Waals surface area contributed by atoms with Crippen molar-refractivity contribution in [1.29, 1.82) is 5.26 Å². The van der Waals surface area contributed by atoms with Crippen LogP contribution in [-0.2, 0) is 0 Å². The molecule has 96 valence electrons. The van der Waals surface area contributed by atoms with Crippen molar-refractivity contribution in [3.8, 4) is 17.6 Å². The summed E-state index contributed by atoms with van der Waals surface area (Å²) in [5.74, 6) is 0.912. The van der Waals surface area contributed by atoms with Crippen molar-refractivity contribution in [1.82, 2.24) is 5.32 Å². The van der Waals surface area contributed by atoms with Crippen molar-refractivity contribution in [3.05, 3.63) is 23.8 Å². The maximum atomic E-state index is 11.8. The molecule has 0 atom stereocenters. The van der Waals surface area contributed by atoms with Crippen LogP contribution in [0.5, 0.6) is 11.5 Å². The monoisotopic (exact) mass is 248 g/mol. The highest BCUT2D eigenvalue weighted by Gasteiger charge is 2.09. The maximum absolute atomic E-state index is 11.8. The molecule has 18 heavy (non-hydrogen) atoms. The van der Waals surface area contributed by atoms with Gasteiger partial charge in [0, 0.05) is 18.5 Å². The van der Waals surface area contributed by atoms with E-state index in [0.29, 0.717) is 36.4 Å². The average Bonchev–Trinajstić information content (AvgIpc) is 2.42. The number of hydrogen-bond donors (Lipinski definition) is 1. The van der Waals surface area contributed by atoms with Crippen molar-refractivity contribution in [2.24, 2.45) is 0 Å². The van der Waals surface area contributed by atoms with E-state index in [-0.39, 0.29) is 5.91 Å². The van der Waals surface area contributed by atoms with Gasteiger partial charge in [-0.15, -0.1) is 0 Å². The smallest absolute Gasteiger partial charge is 0.251 e. The van der Waals surface area contributed by atoms with Gasteiger partial charge in [-0.2, -0.15) is 5.26 Å². The van der Waals surface area contributed by atoms with Gasteiger partial charge in [0.2, 0.25) is 0 Å². The van der Waals surface area contributed by atoms with Crippen LogP contribution in [0.3, 0.4) is 0 Å². The average molecular weight is 248 g/mol. The van der Waals surface area contributed by atoms with Gasteiger partial charge in [-0.05, 0) is 24.6 Å². The molecule has 1 amide bonds. The number of nitrogens with zero attached hydrogens (tertiary/aromatic N) is 1. The number of methoxy groups -OCH3 is 2. The van der Waals surface area contributed by atoms with E-state index >= 15 is 0 Å². The topological polar surface area (TPSA) is 71.3 Å². The molecule has 0 bridgehead atoms. The minimum atomic E-state index is -0.186. The van der Waals surface area contributed by atoms with Crippen LogP contribution in [0.25, 0.3) is 0 Å². The Hall–Kier alpha value is -2.22. The molecule has 5 heteroatoms. The summed E-state index contributed by atoms with van der Waals surface area (Å²) in [5.41, 5.74) is 0.504. The Morgan fingerprint density at radius 1 is 1.33 bits per heavy atom. The predicted octanol–water partition coefficient (Wildman–Crippen LogP) is 1.74. The van der Waals surface area contributed by atoms with E-state index in [9.17, 15) is 4.79 Å². The number of benzene rings is 1. The van der Waals surface area contributed by atoms with Crippen LogP contribution >= 0.6 is 0 Å². The third-order valence-electron chi connectivity index (χ3n) is 2.40. The summed E-state index contributed by atoms with van der Waals surface area (Å²) in [4.78, 5) is 11.8. The molecule has 1 N–H and O–H groups in total. The Bertz CT molecular complexity index is 452. The molecule has 0 saturated heterocycles. The summed E-state index contributed by atoms with van der Waals surface area (Å²) in [6, 6.07) is 7.00. The second kappa shape index (κ2) is 7.17. The third kappa shape index (κ3) is 3.67. The first-order chi connectivity index (χ1) is 8.72. The molecule has 0 spiro atoms. The first-order valence-corrected chi connectivity index (χ1v) is 5.60. The molecule has 0 aliphatic carbocycles. The molecule has 0 aliphatic rings. The van der Waals surface area contributed by atoms with Crippen LogP contribution in [0.2, 0.25) is 0 Å². The van der Waals surface area contributed by atoms with Crippen molar-refractivity contribution in [2.75, 3.05) is 20.8 Å². The van der Waals surface area contributed by atoms with Gasteiger partial charge in [0.15, 0.2) is 11.5 Å². The van der Waals surface area contributed by atoms with Crippen LogP contribution in [0.1, 0.15) is 23.2 Å². The lowest BCUT2D eigenvalue weighted by Gasteiger charge is -2.09. The molecule has 1 rings (SSSR count). The summed E-state index contributed by atoms with van der Waals surface area (Å²) in [6.07, 6.45) is 1.09. The number of rotatable bonds is 6. The fraction of sp³-hybridized carbons (Fsp3) is 0.385. The molecule has 0 fully saturated rings. The molecule has 1 aromatic carbocycles. The maximum Gasteiger partial charge on any atom is 0.251 e. The quantitative estimate of drug-likeness (QED) is 0.778. The van der Waals surface area contributed by atoms with Crippen LogP contribution in [-0.4, -0.2) is 26.7 Å². The lowest BCUT2D eigenvalue weighted by Crippen LogP contribution is -2.24. The number of unbranched alkanes of at least 4 members (excludes halogenated alkanes) is 1. The summed E-state index contributed by atoms with van der Waals surface area (Å²) < 4.78 is 10.2. The Morgan fingerprint density at radius 2 is 2.06 bits per heavy atom. The number of ether oxygens (including phenoxy) is 2. The zero-order valence-electron chi connectivity index (χ0n) is 10.5. The van der Waals surface area contributed by atoms with Crippen LogP contribution < -0.4 is 14.8 Å². The summed E-state index contributed by atoms with van der Waals surface area (Å²) in [5, 5.41) is 11.1. The number of hydrogen-bond acceptors (Lipinski definition) is 4. The molecular formula is C13H16N2O3. The van der Waals surface area contributed by atoms with Crippen LogP contribution in [0.15, 0.2) is 18.2 Å². The second-order valence-corrected chi connectivity index (χ2v) is 3.59. The molecule has 0 saturated carbocycles. The van der Waals surface area contributed by atoms with E-state index in [1.807, 2.05) is 6.07 Å². The third-order valence-corrected chi connectivity index (χ3v) is 2.40.